The topological polar surface area (TPSA) is 0 Å². The van der Waals surface area contributed by atoms with E-state index in [1.165, 1.54) is 212 Å². The minimum absolute atomic E-state index is 0.438. The summed E-state index contributed by atoms with van der Waals surface area (Å²) < 4.78 is 0. The van der Waals surface area contributed by atoms with E-state index in [0.29, 0.717) is 5.41 Å². The lowest BCUT2D eigenvalue weighted by Crippen LogP contribution is -2.28. The summed E-state index contributed by atoms with van der Waals surface area (Å²) in [6, 6.07) is 0. The van der Waals surface area contributed by atoms with Gasteiger partial charge in [0.2, 0.25) is 0 Å². The maximum atomic E-state index is 2.67. The Balaban J connectivity index is 2.90. The van der Waals surface area contributed by atoms with Crippen molar-refractivity contribution >= 4 is 0 Å². The maximum absolute atomic E-state index is 2.67. The largest absolute Gasteiger partial charge is 0.0654 e. The predicted molar refractivity (Wildman–Crippen MR) is 294 cm³/mol. The Morgan fingerprint density at radius 1 is 0.391 bits per heavy atom. The Morgan fingerprint density at radius 3 is 1.11 bits per heavy atom. The molecule has 0 radical (unpaired) electrons. The number of hydrogen-bond acceptors (Lipinski definition) is 0. The van der Waals surface area contributed by atoms with Crippen LogP contribution in [-0.4, -0.2) is 0 Å². The van der Waals surface area contributed by atoms with Gasteiger partial charge >= 0.3 is 0 Å². The maximum Gasteiger partial charge on any atom is -0.0351 e. The van der Waals surface area contributed by atoms with Crippen LogP contribution < -0.4 is 0 Å². The number of hydrogen-bond donors (Lipinski definition) is 0. The first-order chi connectivity index (χ1) is 30.3. The van der Waals surface area contributed by atoms with Crippen molar-refractivity contribution in [3.05, 3.63) is 0 Å². The molecule has 0 heteroatoms. The van der Waals surface area contributed by atoms with Crippen molar-refractivity contribution in [3.8, 4) is 0 Å². The molecule has 0 aliphatic heterocycles. The fourth-order valence-electron chi connectivity index (χ4n) is 14.4. The molecule has 1 fully saturated rings. The van der Waals surface area contributed by atoms with Gasteiger partial charge in [-0.3, -0.25) is 0 Å². The second kappa shape index (κ2) is 36.9. The van der Waals surface area contributed by atoms with Crippen molar-refractivity contribution in [2.24, 2.45) is 88.3 Å². The van der Waals surface area contributed by atoms with E-state index < -0.39 is 0 Å². The molecule has 0 aromatic heterocycles. The molecule has 0 N–H and O–H groups in total. The molecule has 0 amide bonds. The quantitative estimate of drug-likeness (QED) is 0.113. The van der Waals surface area contributed by atoms with Crippen molar-refractivity contribution in [2.75, 3.05) is 0 Å². The molecule has 1 aliphatic rings. The Kier molecular flexibility index (Phi) is 35.8. The van der Waals surface area contributed by atoms with Crippen molar-refractivity contribution in [1.29, 1.82) is 0 Å². The van der Waals surface area contributed by atoms with Gasteiger partial charge in [0.1, 0.15) is 0 Å². The Morgan fingerprint density at radius 2 is 0.734 bits per heavy atom. The van der Waals surface area contributed by atoms with Crippen LogP contribution in [0, 0.1) is 88.3 Å². The van der Waals surface area contributed by atoms with Gasteiger partial charge in [0.05, 0.1) is 0 Å². The van der Waals surface area contributed by atoms with E-state index in [9.17, 15) is 0 Å². The molecular weight excluding hydrogens is 769 g/mol. The lowest BCUT2D eigenvalue weighted by Gasteiger charge is -2.38. The van der Waals surface area contributed by atoms with Gasteiger partial charge in [-0.15, -0.1) is 0 Å². The molecule has 0 heterocycles. The molecule has 1 rings (SSSR count). The number of rotatable bonds is 19. The van der Waals surface area contributed by atoms with Crippen molar-refractivity contribution < 1.29 is 0 Å². The summed E-state index contributed by atoms with van der Waals surface area (Å²) in [6.45, 7) is 41.2. The highest BCUT2D eigenvalue weighted by molar-refractivity contribution is 4.82. The Hall–Kier alpha value is 0. The van der Waals surface area contributed by atoms with Gasteiger partial charge < -0.3 is 0 Å². The third-order valence-electron chi connectivity index (χ3n) is 17.9. The summed E-state index contributed by atoms with van der Waals surface area (Å²) in [5, 5.41) is 0. The van der Waals surface area contributed by atoms with E-state index in [2.05, 4.69) is 111 Å². The molecule has 1 saturated carbocycles. The highest BCUT2D eigenvalue weighted by Crippen LogP contribution is 2.42. The summed E-state index contributed by atoms with van der Waals surface area (Å²) in [6.07, 6.45) is 47.8. The van der Waals surface area contributed by atoms with E-state index in [1.807, 2.05) is 0 Å². The third kappa shape index (κ3) is 31.9. The molecule has 0 saturated heterocycles. The van der Waals surface area contributed by atoms with Gasteiger partial charge in [-0.25, -0.2) is 0 Å². The molecule has 0 aromatic rings. The van der Waals surface area contributed by atoms with E-state index in [-0.39, 0.29) is 0 Å². The first-order valence-corrected chi connectivity index (χ1v) is 30.3. The zero-order chi connectivity index (χ0) is 47.9. The number of unbranched alkanes of at least 4 members (excludes halogenated alkanes) is 15. The molecule has 64 heavy (non-hydrogen) atoms. The van der Waals surface area contributed by atoms with Crippen molar-refractivity contribution in [1.82, 2.24) is 0 Å². The van der Waals surface area contributed by atoms with Crippen LogP contribution in [0.15, 0.2) is 0 Å². The Bertz CT molecular complexity index is 1020. The highest BCUT2D eigenvalue weighted by Gasteiger charge is 2.32. The van der Waals surface area contributed by atoms with E-state index in [1.54, 1.807) is 0 Å². The lowest BCUT2D eigenvalue weighted by atomic mass is 9.68. The van der Waals surface area contributed by atoms with Crippen molar-refractivity contribution in [2.45, 2.75) is 323 Å². The molecule has 0 spiro atoms. The minimum Gasteiger partial charge on any atom is -0.0654 e. The highest BCUT2D eigenvalue weighted by atomic mass is 14.4. The molecule has 0 aromatic carbocycles. The standard InChI is InChI=1S/C64H128/c1-17-19-20-21-22-23-24-25-26-27-28-29-30-31-32-33-36-62-37-34-35-50(3)38-39-64(15,16)49-63(59(12)18-2)61(14)48-58(11)46-56(9)44-54(7)42-52(5)40-51(4)41-53(6)43-55(8)45-57(10)47-60(62)13/h50-63H,17-49H2,1-16H3. The van der Waals surface area contributed by atoms with E-state index in [4.69, 9.17) is 0 Å². The second-order valence-electron chi connectivity index (χ2n) is 26.8. The molecule has 1 aliphatic carbocycles. The summed E-state index contributed by atoms with van der Waals surface area (Å²) in [5.41, 5.74) is 0.438. The van der Waals surface area contributed by atoms with Gasteiger partial charge in [-0.2, -0.15) is 0 Å². The second-order valence-corrected chi connectivity index (χ2v) is 26.8. The fraction of sp³-hybridized carbons (Fsp3) is 1.00. The summed E-state index contributed by atoms with van der Waals surface area (Å²) in [5.74, 6) is 12.0. The molecule has 14 unspecified atom stereocenters. The predicted octanol–water partition coefficient (Wildman–Crippen LogP) is 22.8. The zero-order valence-corrected chi connectivity index (χ0v) is 47.9. The van der Waals surface area contributed by atoms with Crippen LogP contribution in [0.1, 0.15) is 323 Å². The first kappa shape index (κ1) is 62.0. The zero-order valence-electron chi connectivity index (χ0n) is 47.9. The smallest absolute Gasteiger partial charge is 0.0351 e. The van der Waals surface area contributed by atoms with Crippen LogP contribution in [0.5, 0.6) is 0 Å². The monoisotopic (exact) mass is 897 g/mol. The van der Waals surface area contributed by atoms with Gasteiger partial charge in [0, 0.05) is 0 Å². The van der Waals surface area contributed by atoms with Gasteiger partial charge in [0.15, 0.2) is 0 Å². The van der Waals surface area contributed by atoms with Crippen LogP contribution in [0.3, 0.4) is 0 Å². The molecule has 0 nitrogen and oxygen atoms in total. The Labute approximate surface area is 409 Å². The third-order valence-corrected chi connectivity index (χ3v) is 17.9. The first-order valence-electron chi connectivity index (χ1n) is 30.3. The fourth-order valence-corrected chi connectivity index (χ4v) is 14.4. The normalized spacial score (nSPS) is 34.0. The van der Waals surface area contributed by atoms with Crippen LogP contribution in [0.4, 0.5) is 0 Å². The van der Waals surface area contributed by atoms with Crippen molar-refractivity contribution in [3.63, 3.8) is 0 Å². The molecule has 0 bridgehead atoms. The SMILES string of the molecule is CCCCCCCCCCCCCCCCCCC1CCCC(C)CCC(C)(C)CC(C(C)CC)C(C)CC(C)CC(C)CC(C)CC(C)CC(C)CC(C)CC(C)CC(C)CC1C. The van der Waals surface area contributed by atoms with Crippen LogP contribution in [-0.2, 0) is 0 Å². The van der Waals surface area contributed by atoms with Gasteiger partial charge in [0.25, 0.3) is 0 Å². The van der Waals surface area contributed by atoms with Gasteiger partial charge in [-0.05, 0) is 159 Å². The van der Waals surface area contributed by atoms with Gasteiger partial charge in [-0.1, -0.05) is 252 Å². The minimum atomic E-state index is 0.438. The van der Waals surface area contributed by atoms with E-state index >= 15 is 0 Å². The summed E-state index contributed by atoms with van der Waals surface area (Å²) in [7, 11) is 0. The van der Waals surface area contributed by atoms with Crippen LogP contribution in [0.25, 0.3) is 0 Å². The molecule has 384 valence electrons. The van der Waals surface area contributed by atoms with Crippen LogP contribution >= 0.6 is 0 Å². The molecule has 14 atom stereocenters. The average molecular weight is 898 g/mol. The average Bonchev–Trinajstić information content (AvgIpc) is 3.19. The van der Waals surface area contributed by atoms with E-state index in [0.717, 1.165) is 82.9 Å². The van der Waals surface area contributed by atoms with Crippen LogP contribution in [0.2, 0.25) is 0 Å². The molecular formula is C64H128. The summed E-state index contributed by atoms with van der Waals surface area (Å²) >= 11 is 0. The summed E-state index contributed by atoms with van der Waals surface area (Å²) in [4.78, 5) is 0. The lowest BCUT2D eigenvalue weighted by molar-refractivity contribution is 0.125.